The SMILES string of the molecule is c1cc(OCC2CO2)c(C23CC4CC(c5cc(OCC6CO6)ccc5OCC5CO5)(C2)CC(c2cc(OCC5CO5)ccc2OCC2CO2)(C4)C3)cc1OCC1CO1. The molecule has 6 heterocycles. The summed E-state index contributed by atoms with van der Waals surface area (Å²) in [7, 11) is 0. The first-order valence-corrected chi connectivity index (χ1v) is 21.4. The molecule has 3 aromatic carbocycles. The van der Waals surface area contributed by atoms with Crippen LogP contribution < -0.4 is 28.4 Å². The summed E-state index contributed by atoms with van der Waals surface area (Å²) < 4.78 is 72.9. The molecule has 6 saturated heterocycles. The van der Waals surface area contributed by atoms with Gasteiger partial charge in [0, 0.05) is 32.9 Å². The van der Waals surface area contributed by atoms with E-state index >= 15 is 0 Å². The third-order valence-electron chi connectivity index (χ3n) is 13.6. The van der Waals surface area contributed by atoms with E-state index < -0.39 is 0 Å². The molecule has 0 N–H and O–H groups in total. The summed E-state index contributed by atoms with van der Waals surface area (Å²) >= 11 is 0. The molecule has 6 unspecified atom stereocenters. The van der Waals surface area contributed by atoms with Gasteiger partial charge in [0.15, 0.2) is 0 Å². The van der Waals surface area contributed by atoms with Gasteiger partial charge in [-0.15, -0.1) is 0 Å². The molecule has 58 heavy (non-hydrogen) atoms. The zero-order valence-electron chi connectivity index (χ0n) is 32.9. The summed E-state index contributed by atoms with van der Waals surface area (Å²) in [4.78, 5) is 0. The number of rotatable bonds is 21. The van der Waals surface area contributed by atoms with E-state index in [-0.39, 0.29) is 52.9 Å². The summed E-state index contributed by atoms with van der Waals surface area (Å²) in [5.41, 5.74) is 2.83. The fourth-order valence-corrected chi connectivity index (χ4v) is 10.9. The quantitative estimate of drug-likeness (QED) is 0.127. The Hall–Kier alpha value is -3.78. The summed E-state index contributed by atoms with van der Waals surface area (Å²) in [5, 5.41) is 0. The van der Waals surface area contributed by atoms with Crippen molar-refractivity contribution in [3.05, 3.63) is 71.3 Å². The largest absolute Gasteiger partial charge is 0.491 e. The molecule has 308 valence electrons. The van der Waals surface area contributed by atoms with Crippen molar-refractivity contribution in [1.29, 1.82) is 0 Å². The minimum absolute atomic E-state index is 0.128. The Morgan fingerprint density at radius 2 is 0.638 bits per heavy atom. The highest BCUT2D eigenvalue weighted by Crippen LogP contribution is 2.73. The van der Waals surface area contributed by atoms with Gasteiger partial charge in [-0.2, -0.15) is 0 Å². The van der Waals surface area contributed by atoms with Crippen LogP contribution in [0, 0.1) is 5.92 Å². The maximum Gasteiger partial charge on any atom is 0.123 e. The van der Waals surface area contributed by atoms with E-state index in [2.05, 4.69) is 36.4 Å². The lowest BCUT2D eigenvalue weighted by Gasteiger charge is -2.67. The van der Waals surface area contributed by atoms with Crippen molar-refractivity contribution in [2.24, 2.45) is 5.92 Å². The van der Waals surface area contributed by atoms with Gasteiger partial charge in [-0.25, -0.2) is 0 Å². The van der Waals surface area contributed by atoms with Gasteiger partial charge in [0.1, 0.15) is 111 Å². The van der Waals surface area contributed by atoms with Crippen molar-refractivity contribution >= 4 is 0 Å². The van der Waals surface area contributed by atoms with E-state index in [0.717, 1.165) is 113 Å². The molecule has 10 aliphatic rings. The Morgan fingerprint density at radius 1 is 0.379 bits per heavy atom. The Kier molecular flexibility index (Phi) is 8.82. The van der Waals surface area contributed by atoms with Crippen LogP contribution in [0.15, 0.2) is 54.6 Å². The van der Waals surface area contributed by atoms with E-state index in [0.29, 0.717) is 45.6 Å². The molecule has 0 radical (unpaired) electrons. The highest BCUT2D eigenvalue weighted by Gasteiger charge is 2.66. The third-order valence-corrected chi connectivity index (χ3v) is 13.6. The first-order chi connectivity index (χ1) is 28.5. The third kappa shape index (κ3) is 7.60. The summed E-state index contributed by atoms with van der Waals surface area (Å²) in [6.45, 7) is 7.61. The Bertz CT molecular complexity index is 1780. The summed E-state index contributed by atoms with van der Waals surface area (Å²) in [5.74, 6) is 5.67. The highest BCUT2D eigenvalue weighted by atomic mass is 16.6. The Balaban J connectivity index is 1.00. The normalized spacial score (nSPS) is 36.5. The van der Waals surface area contributed by atoms with Crippen molar-refractivity contribution in [1.82, 2.24) is 0 Å². The number of ether oxygens (including phenoxy) is 12. The monoisotopic (exact) mass is 796 g/mol. The van der Waals surface area contributed by atoms with Gasteiger partial charge in [-0.05, 0) is 99.0 Å². The van der Waals surface area contributed by atoms with Crippen LogP contribution in [0.1, 0.15) is 55.2 Å². The van der Waals surface area contributed by atoms with Crippen LogP contribution in [0.3, 0.4) is 0 Å². The molecule has 0 spiro atoms. The zero-order valence-corrected chi connectivity index (χ0v) is 32.9. The van der Waals surface area contributed by atoms with Gasteiger partial charge in [0.05, 0.1) is 39.6 Å². The van der Waals surface area contributed by atoms with Gasteiger partial charge in [-0.1, -0.05) is 0 Å². The average molecular weight is 797 g/mol. The first kappa shape index (κ1) is 36.1. The minimum Gasteiger partial charge on any atom is -0.491 e. The van der Waals surface area contributed by atoms with E-state index in [1.807, 2.05) is 18.2 Å². The van der Waals surface area contributed by atoms with Crippen LogP contribution in [0.2, 0.25) is 0 Å². The number of epoxide rings is 6. The first-order valence-electron chi connectivity index (χ1n) is 21.4. The standard InChI is InChI=1S/C46H52O12/c1-4-41(56-22-35-19-53-35)38(7-29(1)47-13-32-16-50-32)44-10-28-11-45(25-44,39-8-30(48-14-33-17-51-33)2-5-42(39)57-23-36-20-54-36)27-46(12-28,26-44)40-9-31(49-15-34-18-52-34)3-6-43(40)58-24-37-21-55-37/h1-9,28,32-37H,10-27H2. The number of benzene rings is 3. The maximum absolute atomic E-state index is 6.72. The van der Waals surface area contributed by atoms with Crippen molar-refractivity contribution in [3.63, 3.8) is 0 Å². The zero-order chi connectivity index (χ0) is 38.3. The topological polar surface area (TPSA) is 131 Å². The van der Waals surface area contributed by atoms with Gasteiger partial charge < -0.3 is 56.8 Å². The second-order valence-corrected chi connectivity index (χ2v) is 18.4. The molecule has 6 aliphatic heterocycles. The predicted octanol–water partition coefficient (Wildman–Crippen LogP) is 5.46. The van der Waals surface area contributed by atoms with Gasteiger partial charge >= 0.3 is 0 Å². The van der Waals surface area contributed by atoms with Crippen LogP contribution in [-0.2, 0) is 44.7 Å². The Labute approximate surface area is 338 Å². The fraction of sp³-hybridized carbons (Fsp3) is 0.609. The smallest absolute Gasteiger partial charge is 0.123 e. The molecule has 0 aromatic heterocycles. The van der Waals surface area contributed by atoms with Gasteiger partial charge in [0.2, 0.25) is 0 Å². The molecule has 13 rings (SSSR count). The van der Waals surface area contributed by atoms with Crippen LogP contribution in [-0.4, -0.2) is 116 Å². The lowest BCUT2D eigenvalue weighted by molar-refractivity contribution is -0.0521. The molecule has 4 aliphatic carbocycles. The van der Waals surface area contributed by atoms with Crippen molar-refractivity contribution in [2.45, 2.75) is 91.4 Å². The molecule has 4 saturated carbocycles. The van der Waals surface area contributed by atoms with Gasteiger partial charge in [0.25, 0.3) is 0 Å². The fourth-order valence-electron chi connectivity index (χ4n) is 10.9. The van der Waals surface area contributed by atoms with Crippen molar-refractivity contribution in [3.8, 4) is 34.5 Å². The van der Waals surface area contributed by atoms with Crippen LogP contribution in [0.5, 0.6) is 34.5 Å². The second kappa shape index (κ2) is 14.2. The van der Waals surface area contributed by atoms with Crippen LogP contribution in [0.25, 0.3) is 0 Å². The number of hydrogen-bond acceptors (Lipinski definition) is 12. The summed E-state index contributed by atoms with van der Waals surface area (Å²) in [6, 6.07) is 19.3. The molecule has 4 bridgehead atoms. The van der Waals surface area contributed by atoms with E-state index in [1.165, 1.54) is 16.7 Å². The number of hydrogen-bond donors (Lipinski definition) is 0. The predicted molar refractivity (Wildman–Crippen MR) is 207 cm³/mol. The maximum atomic E-state index is 6.72. The Morgan fingerprint density at radius 3 is 0.897 bits per heavy atom. The molecular weight excluding hydrogens is 744 g/mol. The van der Waals surface area contributed by atoms with E-state index in [9.17, 15) is 0 Å². The molecule has 3 aromatic rings. The molecule has 10 fully saturated rings. The molecular formula is C46H52O12. The van der Waals surface area contributed by atoms with Crippen LogP contribution >= 0.6 is 0 Å². The van der Waals surface area contributed by atoms with E-state index in [4.69, 9.17) is 56.8 Å². The van der Waals surface area contributed by atoms with Crippen LogP contribution in [0.4, 0.5) is 0 Å². The highest BCUT2D eigenvalue weighted by molar-refractivity contribution is 5.56. The molecule has 6 atom stereocenters. The lowest BCUT2D eigenvalue weighted by atomic mass is 9.36. The summed E-state index contributed by atoms with van der Waals surface area (Å²) in [6.07, 6.45) is 6.76. The second-order valence-electron chi connectivity index (χ2n) is 18.4. The molecule has 12 heteroatoms. The molecule has 12 nitrogen and oxygen atoms in total. The molecule has 0 amide bonds. The van der Waals surface area contributed by atoms with Gasteiger partial charge in [-0.3, -0.25) is 0 Å². The van der Waals surface area contributed by atoms with E-state index in [1.54, 1.807) is 0 Å². The average Bonchev–Trinajstić information content (AvgIpc) is 4.02. The van der Waals surface area contributed by atoms with Crippen molar-refractivity contribution < 1.29 is 56.8 Å². The minimum atomic E-state index is -0.264. The van der Waals surface area contributed by atoms with Crippen molar-refractivity contribution in [2.75, 3.05) is 79.3 Å². The lowest BCUT2D eigenvalue weighted by Crippen LogP contribution is -2.62.